The first kappa shape index (κ1) is 20.1. The molecule has 3 aromatic rings. The number of halogens is 1. The molecule has 1 aromatic heterocycles. The number of amides is 1. The minimum atomic E-state index is -0.823. The lowest BCUT2D eigenvalue weighted by Gasteiger charge is -2.23. The molecule has 6 nitrogen and oxygen atoms in total. The highest BCUT2D eigenvalue weighted by atomic mass is 35.5. The monoisotopic (exact) mass is 440 g/mol. The van der Waals surface area contributed by atoms with Crippen molar-refractivity contribution in [3.63, 3.8) is 0 Å². The molecule has 1 aliphatic rings. The molecule has 1 saturated heterocycles. The van der Waals surface area contributed by atoms with E-state index in [4.69, 9.17) is 16.3 Å². The summed E-state index contributed by atoms with van der Waals surface area (Å²) in [5, 5.41) is 13.7. The highest BCUT2D eigenvalue weighted by Gasteiger charge is 2.47. The molecule has 0 bridgehead atoms. The maximum absolute atomic E-state index is 13.0. The smallest absolute Gasteiger partial charge is 0.301 e. The molecule has 1 fully saturated rings. The summed E-state index contributed by atoms with van der Waals surface area (Å²) in [7, 11) is 1.56. The number of ether oxygens (including phenoxy) is 1. The molecule has 30 heavy (non-hydrogen) atoms. The maximum Gasteiger partial charge on any atom is 0.301 e. The second-order valence-electron chi connectivity index (χ2n) is 6.72. The van der Waals surface area contributed by atoms with Crippen molar-refractivity contribution in [3.8, 4) is 5.75 Å². The fourth-order valence-electron chi connectivity index (χ4n) is 3.51. The number of hydrogen-bond acceptors (Lipinski definition) is 6. The molecular formula is C22H17ClN2O4S. The second kappa shape index (κ2) is 7.93. The van der Waals surface area contributed by atoms with Crippen LogP contribution < -0.4 is 9.64 Å². The zero-order chi connectivity index (χ0) is 21.4. The maximum atomic E-state index is 13.0. The number of aliphatic hydroxyl groups excluding tert-OH is 1. The molecule has 0 aliphatic carbocycles. The van der Waals surface area contributed by atoms with E-state index in [0.717, 1.165) is 5.56 Å². The van der Waals surface area contributed by atoms with Crippen molar-refractivity contribution < 1.29 is 19.4 Å². The number of aliphatic hydroxyl groups is 1. The zero-order valence-corrected chi connectivity index (χ0v) is 17.7. The van der Waals surface area contributed by atoms with Crippen LogP contribution in [0.5, 0.6) is 5.75 Å². The fraction of sp³-hybridized carbons (Fsp3) is 0.136. The summed E-state index contributed by atoms with van der Waals surface area (Å²) in [6.45, 7) is 1.83. The van der Waals surface area contributed by atoms with E-state index in [0.29, 0.717) is 27.0 Å². The molecule has 4 rings (SSSR count). The number of hydrogen-bond donors (Lipinski definition) is 1. The Bertz CT molecular complexity index is 1160. The summed E-state index contributed by atoms with van der Waals surface area (Å²) in [6.07, 6.45) is 1.56. The number of aryl methyl sites for hydroxylation is 1. The molecule has 1 atom stereocenters. The van der Waals surface area contributed by atoms with Gasteiger partial charge < -0.3 is 9.84 Å². The Morgan fingerprint density at radius 2 is 1.93 bits per heavy atom. The van der Waals surface area contributed by atoms with Crippen molar-refractivity contribution in [2.75, 3.05) is 12.0 Å². The molecular weight excluding hydrogens is 424 g/mol. The molecule has 2 aromatic carbocycles. The predicted molar refractivity (Wildman–Crippen MR) is 116 cm³/mol. The standard InChI is InChI=1S/C22H17ClN2O4S/c1-12-11-14(5-8-16(12)29-2)19(26)17-18(13-3-6-15(23)7-4-13)25(21(28)20(17)27)22-24-9-10-30-22/h3-11,18,26H,1-2H3/t18-/m0/s1. The lowest BCUT2D eigenvalue weighted by Crippen LogP contribution is -2.29. The minimum absolute atomic E-state index is 0.00193. The van der Waals surface area contributed by atoms with Crippen LogP contribution in [-0.4, -0.2) is 28.9 Å². The molecule has 1 N–H and O–H groups in total. The first-order chi connectivity index (χ1) is 14.4. The average molecular weight is 441 g/mol. The van der Waals surface area contributed by atoms with Crippen molar-refractivity contribution >= 4 is 45.5 Å². The SMILES string of the molecule is COc1ccc(C(O)=C2C(=O)C(=O)N(c3nccs3)[C@H]2c2ccc(Cl)cc2)cc1C. The summed E-state index contributed by atoms with van der Waals surface area (Å²) < 4.78 is 5.26. The van der Waals surface area contributed by atoms with Gasteiger partial charge in [-0.25, -0.2) is 4.98 Å². The normalized spacial score (nSPS) is 18.1. The van der Waals surface area contributed by atoms with Gasteiger partial charge in [-0.2, -0.15) is 0 Å². The summed E-state index contributed by atoms with van der Waals surface area (Å²) in [5.74, 6) is -1.10. The van der Waals surface area contributed by atoms with E-state index in [2.05, 4.69) is 4.98 Å². The lowest BCUT2D eigenvalue weighted by atomic mass is 9.95. The Kier molecular flexibility index (Phi) is 5.32. The summed E-state index contributed by atoms with van der Waals surface area (Å²) in [5.41, 5.74) is 1.85. The Balaban J connectivity index is 1.92. The van der Waals surface area contributed by atoms with E-state index in [1.807, 2.05) is 6.92 Å². The Labute approximate surface area is 182 Å². The van der Waals surface area contributed by atoms with Crippen LogP contribution in [0.4, 0.5) is 5.13 Å². The number of benzene rings is 2. The van der Waals surface area contributed by atoms with E-state index in [9.17, 15) is 14.7 Å². The lowest BCUT2D eigenvalue weighted by molar-refractivity contribution is -0.132. The molecule has 1 aliphatic heterocycles. The van der Waals surface area contributed by atoms with E-state index in [1.54, 1.807) is 61.2 Å². The summed E-state index contributed by atoms with van der Waals surface area (Å²) in [4.78, 5) is 31.4. The van der Waals surface area contributed by atoms with Crippen LogP contribution in [0.3, 0.4) is 0 Å². The topological polar surface area (TPSA) is 79.7 Å². The van der Waals surface area contributed by atoms with Crippen LogP contribution in [0, 0.1) is 6.92 Å². The number of ketones is 1. The Morgan fingerprint density at radius 1 is 1.20 bits per heavy atom. The number of anilines is 1. The zero-order valence-electron chi connectivity index (χ0n) is 16.1. The Morgan fingerprint density at radius 3 is 2.53 bits per heavy atom. The van der Waals surface area contributed by atoms with Crippen molar-refractivity contribution in [2.45, 2.75) is 13.0 Å². The van der Waals surface area contributed by atoms with Crippen LogP contribution in [0.2, 0.25) is 5.02 Å². The number of Topliss-reactive ketones (excluding diaryl/α,β-unsaturated/α-hetero) is 1. The highest BCUT2D eigenvalue weighted by molar-refractivity contribution is 7.14. The van der Waals surface area contributed by atoms with Gasteiger partial charge in [-0.15, -0.1) is 11.3 Å². The molecule has 0 radical (unpaired) electrons. The molecule has 8 heteroatoms. The number of aromatic nitrogens is 1. The third kappa shape index (κ3) is 3.36. The number of thiazole rings is 1. The molecule has 0 spiro atoms. The van der Waals surface area contributed by atoms with Crippen molar-refractivity contribution in [2.24, 2.45) is 0 Å². The molecule has 1 amide bonds. The van der Waals surface area contributed by atoms with Crippen molar-refractivity contribution in [1.29, 1.82) is 0 Å². The third-order valence-corrected chi connectivity index (χ3v) is 5.95. The van der Waals surface area contributed by atoms with Crippen LogP contribution in [0.1, 0.15) is 22.7 Å². The summed E-state index contributed by atoms with van der Waals surface area (Å²) in [6, 6.07) is 11.1. The van der Waals surface area contributed by atoms with E-state index in [-0.39, 0.29) is 11.3 Å². The van der Waals surface area contributed by atoms with E-state index in [1.165, 1.54) is 16.2 Å². The van der Waals surface area contributed by atoms with Gasteiger partial charge in [0.2, 0.25) is 0 Å². The number of rotatable bonds is 4. The van der Waals surface area contributed by atoms with Crippen LogP contribution in [-0.2, 0) is 9.59 Å². The van der Waals surface area contributed by atoms with Gasteiger partial charge in [-0.1, -0.05) is 23.7 Å². The van der Waals surface area contributed by atoms with Gasteiger partial charge in [0.15, 0.2) is 5.13 Å². The van der Waals surface area contributed by atoms with Gasteiger partial charge >= 0.3 is 5.91 Å². The minimum Gasteiger partial charge on any atom is -0.507 e. The third-order valence-electron chi connectivity index (χ3n) is 4.92. The average Bonchev–Trinajstić information content (AvgIpc) is 3.35. The van der Waals surface area contributed by atoms with Gasteiger partial charge in [-0.05, 0) is 48.4 Å². The predicted octanol–water partition coefficient (Wildman–Crippen LogP) is 4.74. The summed E-state index contributed by atoms with van der Waals surface area (Å²) >= 11 is 7.26. The quantitative estimate of drug-likeness (QED) is 0.360. The van der Waals surface area contributed by atoms with Gasteiger partial charge in [0.1, 0.15) is 11.5 Å². The van der Waals surface area contributed by atoms with Gasteiger partial charge in [0.05, 0.1) is 18.7 Å². The van der Waals surface area contributed by atoms with Crippen LogP contribution in [0.25, 0.3) is 5.76 Å². The number of methoxy groups -OCH3 is 1. The fourth-order valence-corrected chi connectivity index (χ4v) is 4.30. The van der Waals surface area contributed by atoms with Crippen molar-refractivity contribution in [3.05, 3.63) is 81.3 Å². The van der Waals surface area contributed by atoms with E-state index >= 15 is 0 Å². The molecule has 0 unspecified atom stereocenters. The number of carbonyl (C=O) groups is 2. The van der Waals surface area contributed by atoms with Gasteiger partial charge in [0, 0.05) is 22.2 Å². The first-order valence-corrected chi connectivity index (χ1v) is 10.3. The van der Waals surface area contributed by atoms with E-state index < -0.39 is 17.7 Å². The molecule has 152 valence electrons. The van der Waals surface area contributed by atoms with Crippen LogP contribution in [0.15, 0.2) is 59.6 Å². The Hall–Kier alpha value is -3.16. The van der Waals surface area contributed by atoms with Gasteiger partial charge in [0.25, 0.3) is 5.78 Å². The first-order valence-electron chi connectivity index (χ1n) is 9.03. The van der Waals surface area contributed by atoms with Crippen molar-refractivity contribution in [1.82, 2.24) is 4.98 Å². The molecule has 2 heterocycles. The van der Waals surface area contributed by atoms with Crippen LogP contribution >= 0.6 is 22.9 Å². The van der Waals surface area contributed by atoms with Gasteiger partial charge in [-0.3, -0.25) is 14.5 Å². The highest BCUT2D eigenvalue weighted by Crippen LogP contribution is 2.43. The largest absolute Gasteiger partial charge is 0.507 e. The number of carbonyl (C=O) groups excluding carboxylic acids is 2. The second-order valence-corrected chi connectivity index (χ2v) is 8.03. The number of nitrogens with zero attached hydrogens (tertiary/aromatic N) is 2. The molecule has 0 saturated carbocycles.